The number of nitrogens with zero attached hydrogens (tertiary/aromatic N) is 3. The first-order valence-corrected chi connectivity index (χ1v) is 12.0. The van der Waals surface area contributed by atoms with Crippen molar-refractivity contribution in [2.45, 2.75) is 20.8 Å². The van der Waals surface area contributed by atoms with Gasteiger partial charge in [0, 0.05) is 36.3 Å². The van der Waals surface area contributed by atoms with E-state index in [2.05, 4.69) is 15.5 Å². The molecule has 1 amide bonds. The third-order valence-electron chi connectivity index (χ3n) is 6.01. The standard InChI is InChI=1S/C29H32N4O4/c1-18-15-21(28-30-20(3)37-32-28)7-10-24(18)25-11-8-22(16-19(25)2)29(34)31-23-9-12-26(35-6)27(17-23)36-14-13-33(4)5/h7-12,15-17H,13-14H2,1-6H3,(H,31,34). The molecule has 0 radical (unpaired) electrons. The lowest BCUT2D eigenvalue weighted by molar-refractivity contribution is 0.102. The molecule has 0 unspecified atom stereocenters. The normalized spacial score (nSPS) is 11.0. The van der Waals surface area contributed by atoms with Gasteiger partial charge in [-0.3, -0.25) is 4.79 Å². The average molecular weight is 501 g/mol. The second kappa shape index (κ2) is 11.3. The van der Waals surface area contributed by atoms with Crippen LogP contribution in [0.15, 0.2) is 59.1 Å². The molecule has 0 saturated heterocycles. The molecule has 0 atom stereocenters. The molecule has 0 saturated carbocycles. The molecule has 3 aromatic carbocycles. The molecule has 0 bridgehead atoms. The van der Waals surface area contributed by atoms with Crippen molar-refractivity contribution in [1.29, 1.82) is 0 Å². The Balaban J connectivity index is 1.50. The van der Waals surface area contributed by atoms with E-state index in [0.29, 0.717) is 41.1 Å². The number of aromatic nitrogens is 2. The maximum absolute atomic E-state index is 13.0. The second-order valence-electron chi connectivity index (χ2n) is 9.17. The highest BCUT2D eigenvalue weighted by atomic mass is 16.5. The molecule has 192 valence electrons. The minimum absolute atomic E-state index is 0.196. The topological polar surface area (TPSA) is 89.7 Å². The molecule has 0 aliphatic rings. The third-order valence-corrected chi connectivity index (χ3v) is 6.01. The summed E-state index contributed by atoms with van der Waals surface area (Å²) in [5.74, 6) is 2.11. The van der Waals surface area contributed by atoms with E-state index < -0.39 is 0 Å². The SMILES string of the molecule is COc1ccc(NC(=O)c2ccc(-c3ccc(-c4noc(C)n4)cc3C)c(C)c2)cc1OCCN(C)C. The maximum Gasteiger partial charge on any atom is 0.255 e. The Kier molecular flexibility index (Phi) is 7.89. The number of methoxy groups -OCH3 is 1. The Morgan fingerprint density at radius 3 is 2.30 bits per heavy atom. The molecule has 4 aromatic rings. The van der Waals surface area contributed by atoms with Crippen molar-refractivity contribution in [3.63, 3.8) is 0 Å². The van der Waals surface area contributed by atoms with Crippen LogP contribution < -0.4 is 14.8 Å². The summed E-state index contributed by atoms with van der Waals surface area (Å²) in [6.07, 6.45) is 0. The number of carbonyl (C=O) groups is 1. The van der Waals surface area contributed by atoms with E-state index in [4.69, 9.17) is 14.0 Å². The predicted molar refractivity (Wildman–Crippen MR) is 144 cm³/mol. The lowest BCUT2D eigenvalue weighted by Crippen LogP contribution is -2.19. The zero-order valence-corrected chi connectivity index (χ0v) is 22.1. The smallest absolute Gasteiger partial charge is 0.255 e. The molecule has 4 rings (SSSR count). The van der Waals surface area contributed by atoms with Gasteiger partial charge in [0.1, 0.15) is 6.61 Å². The van der Waals surface area contributed by atoms with Crippen molar-refractivity contribution >= 4 is 11.6 Å². The largest absolute Gasteiger partial charge is 0.493 e. The number of amides is 1. The summed E-state index contributed by atoms with van der Waals surface area (Å²) in [6, 6.07) is 17.2. The number of benzene rings is 3. The van der Waals surface area contributed by atoms with Crippen molar-refractivity contribution in [2.75, 3.05) is 39.7 Å². The summed E-state index contributed by atoms with van der Waals surface area (Å²) >= 11 is 0. The van der Waals surface area contributed by atoms with Gasteiger partial charge in [-0.25, -0.2) is 0 Å². The first kappa shape index (κ1) is 25.9. The first-order valence-electron chi connectivity index (χ1n) is 12.0. The predicted octanol–water partition coefficient (Wildman–Crippen LogP) is 5.53. The summed E-state index contributed by atoms with van der Waals surface area (Å²) in [6.45, 7) is 7.10. The Hall–Kier alpha value is -4.17. The number of nitrogens with one attached hydrogen (secondary N) is 1. The number of likely N-dealkylation sites (N-methyl/N-ethyl adjacent to an activating group) is 1. The molecule has 8 nitrogen and oxygen atoms in total. The zero-order chi connectivity index (χ0) is 26.5. The molecule has 0 fully saturated rings. The number of hydrogen-bond acceptors (Lipinski definition) is 7. The van der Waals surface area contributed by atoms with Gasteiger partial charge in [0.05, 0.1) is 7.11 Å². The Labute approximate surface area is 217 Å². The molecule has 8 heteroatoms. The van der Waals surface area contributed by atoms with Crippen LogP contribution in [0.1, 0.15) is 27.4 Å². The minimum atomic E-state index is -0.196. The summed E-state index contributed by atoms with van der Waals surface area (Å²) in [7, 11) is 5.56. The molecular weight excluding hydrogens is 468 g/mol. The van der Waals surface area contributed by atoms with Gasteiger partial charge in [0.15, 0.2) is 11.5 Å². The van der Waals surface area contributed by atoms with Gasteiger partial charge in [-0.2, -0.15) is 4.98 Å². The van der Waals surface area contributed by atoms with Crippen molar-refractivity contribution in [2.24, 2.45) is 0 Å². The lowest BCUT2D eigenvalue weighted by Gasteiger charge is -2.15. The number of ether oxygens (including phenoxy) is 2. The summed E-state index contributed by atoms with van der Waals surface area (Å²) in [4.78, 5) is 19.4. The first-order chi connectivity index (χ1) is 17.7. The highest BCUT2D eigenvalue weighted by molar-refractivity contribution is 6.05. The number of hydrogen-bond donors (Lipinski definition) is 1. The van der Waals surface area contributed by atoms with Gasteiger partial charge in [-0.15, -0.1) is 0 Å². The van der Waals surface area contributed by atoms with Gasteiger partial charge >= 0.3 is 0 Å². The number of aryl methyl sites for hydroxylation is 3. The quantitative estimate of drug-likeness (QED) is 0.323. The van der Waals surface area contributed by atoms with E-state index in [1.54, 1.807) is 32.2 Å². The van der Waals surface area contributed by atoms with Crippen molar-refractivity contribution in [3.8, 4) is 34.0 Å². The highest BCUT2D eigenvalue weighted by Gasteiger charge is 2.14. The molecule has 1 N–H and O–H groups in total. The van der Waals surface area contributed by atoms with E-state index >= 15 is 0 Å². The van der Waals surface area contributed by atoms with Crippen LogP contribution in [0.25, 0.3) is 22.5 Å². The minimum Gasteiger partial charge on any atom is -0.493 e. The number of rotatable bonds is 9. The highest BCUT2D eigenvalue weighted by Crippen LogP contribution is 2.32. The molecule has 0 spiro atoms. The number of anilines is 1. The monoisotopic (exact) mass is 500 g/mol. The fourth-order valence-electron chi connectivity index (χ4n) is 4.04. The summed E-state index contributed by atoms with van der Waals surface area (Å²) < 4.78 is 16.4. The van der Waals surface area contributed by atoms with Crippen molar-refractivity contribution < 1.29 is 18.8 Å². The van der Waals surface area contributed by atoms with Crippen molar-refractivity contribution in [1.82, 2.24) is 15.0 Å². The fourth-order valence-corrected chi connectivity index (χ4v) is 4.04. The summed E-state index contributed by atoms with van der Waals surface area (Å²) in [5, 5.41) is 6.97. The van der Waals surface area contributed by atoms with Crippen LogP contribution in [-0.2, 0) is 0 Å². The molecule has 37 heavy (non-hydrogen) atoms. The van der Waals surface area contributed by atoms with E-state index in [1.165, 1.54) is 0 Å². The lowest BCUT2D eigenvalue weighted by atomic mass is 9.93. The molecule has 0 aliphatic heterocycles. The van der Waals surface area contributed by atoms with Crippen LogP contribution in [-0.4, -0.2) is 55.3 Å². The maximum atomic E-state index is 13.0. The van der Waals surface area contributed by atoms with Crippen molar-refractivity contribution in [3.05, 3.63) is 77.2 Å². The number of carbonyl (C=O) groups excluding carboxylic acids is 1. The van der Waals surface area contributed by atoms with E-state index in [1.807, 2.05) is 69.2 Å². The Bertz CT molecular complexity index is 1410. The van der Waals surface area contributed by atoms with Crippen LogP contribution in [0.5, 0.6) is 11.5 Å². The van der Waals surface area contributed by atoms with Crippen LogP contribution in [0.3, 0.4) is 0 Å². The van der Waals surface area contributed by atoms with Crippen LogP contribution in [0.2, 0.25) is 0 Å². The molecule has 0 aliphatic carbocycles. The van der Waals surface area contributed by atoms with E-state index in [9.17, 15) is 4.79 Å². The van der Waals surface area contributed by atoms with Gasteiger partial charge < -0.3 is 24.2 Å². The van der Waals surface area contributed by atoms with E-state index in [0.717, 1.165) is 34.4 Å². The van der Waals surface area contributed by atoms with Gasteiger partial charge in [0.2, 0.25) is 11.7 Å². The third kappa shape index (κ3) is 6.16. The molecular formula is C29H32N4O4. The van der Waals surface area contributed by atoms with E-state index in [-0.39, 0.29) is 5.91 Å². The Morgan fingerprint density at radius 1 is 0.946 bits per heavy atom. The Morgan fingerprint density at radius 2 is 1.68 bits per heavy atom. The molecule has 1 aromatic heterocycles. The average Bonchev–Trinajstić information content (AvgIpc) is 3.30. The zero-order valence-electron chi connectivity index (χ0n) is 22.1. The molecule has 1 heterocycles. The van der Waals surface area contributed by atoms with Gasteiger partial charge in [-0.05, 0) is 80.5 Å². The van der Waals surface area contributed by atoms with Crippen LogP contribution in [0.4, 0.5) is 5.69 Å². The summed E-state index contributed by atoms with van der Waals surface area (Å²) in [5.41, 5.74) is 6.34. The second-order valence-corrected chi connectivity index (χ2v) is 9.17. The van der Waals surface area contributed by atoms with Crippen LogP contribution >= 0.6 is 0 Å². The van der Waals surface area contributed by atoms with Crippen LogP contribution in [0, 0.1) is 20.8 Å². The fraction of sp³-hybridized carbons (Fsp3) is 0.276. The van der Waals surface area contributed by atoms with Gasteiger partial charge in [-0.1, -0.05) is 23.4 Å². The van der Waals surface area contributed by atoms with Gasteiger partial charge in [0.25, 0.3) is 5.91 Å².